The summed E-state index contributed by atoms with van der Waals surface area (Å²) in [6.07, 6.45) is 1.32. The number of fused-ring (bicyclic) bond motifs is 1. The Labute approximate surface area is 171 Å². The van der Waals surface area contributed by atoms with Crippen molar-refractivity contribution < 1.29 is 14.3 Å². The molecule has 2 aromatic carbocycles. The quantitative estimate of drug-likeness (QED) is 0.849. The van der Waals surface area contributed by atoms with Crippen LogP contribution in [0.1, 0.15) is 17.5 Å². The van der Waals surface area contributed by atoms with Gasteiger partial charge in [-0.15, -0.1) is 0 Å². The number of piperazine rings is 1. The molecule has 2 heterocycles. The van der Waals surface area contributed by atoms with Gasteiger partial charge in [-0.25, -0.2) is 4.79 Å². The number of rotatable bonds is 5. The van der Waals surface area contributed by atoms with Crippen molar-refractivity contribution in [1.82, 2.24) is 15.1 Å². The maximum atomic E-state index is 13.3. The Hall–Kier alpha value is -2.86. The number of hydrogen-bond donors (Lipinski definition) is 1. The number of carbonyl (C=O) groups is 2. The zero-order valence-electron chi connectivity index (χ0n) is 16.7. The van der Waals surface area contributed by atoms with Gasteiger partial charge in [0.15, 0.2) is 0 Å². The van der Waals surface area contributed by atoms with Gasteiger partial charge in [-0.2, -0.15) is 0 Å². The summed E-state index contributed by atoms with van der Waals surface area (Å²) in [5, 5.41) is 3.00. The predicted molar refractivity (Wildman–Crippen MR) is 110 cm³/mol. The molecule has 0 bridgehead atoms. The molecule has 0 spiro atoms. The number of methoxy groups -OCH3 is 1. The van der Waals surface area contributed by atoms with Crippen LogP contribution in [0.4, 0.5) is 4.79 Å². The molecule has 2 aromatic rings. The highest BCUT2D eigenvalue weighted by Gasteiger charge is 2.46. The highest BCUT2D eigenvalue weighted by Crippen LogP contribution is 2.29. The maximum absolute atomic E-state index is 13.3. The first-order valence-electron chi connectivity index (χ1n) is 10.1. The Morgan fingerprint density at radius 2 is 1.69 bits per heavy atom. The van der Waals surface area contributed by atoms with Crippen molar-refractivity contribution in [3.05, 3.63) is 71.8 Å². The number of amides is 3. The maximum Gasteiger partial charge on any atom is 0.318 e. The van der Waals surface area contributed by atoms with Gasteiger partial charge in [-0.05, 0) is 17.5 Å². The van der Waals surface area contributed by atoms with E-state index >= 15 is 0 Å². The highest BCUT2D eigenvalue weighted by molar-refractivity contribution is 5.89. The molecule has 0 unspecified atom stereocenters. The van der Waals surface area contributed by atoms with E-state index in [0.717, 1.165) is 17.5 Å². The van der Waals surface area contributed by atoms with Gasteiger partial charge in [-0.1, -0.05) is 60.7 Å². The molecule has 6 heteroatoms. The lowest BCUT2D eigenvalue weighted by Gasteiger charge is -2.42. The third-order valence-corrected chi connectivity index (χ3v) is 5.88. The van der Waals surface area contributed by atoms with E-state index in [9.17, 15) is 9.59 Å². The van der Waals surface area contributed by atoms with Gasteiger partial charge in [-0.3, -0.25) is 4.79 Å². The molecule has 4 rings (SSSR count). The van der Waals surface area contributed by atoms with Gasteiger partial charge in [0.1, 0.15) is 6.04 Å². The van der Waals surface area contributed by atoms with E-state index in [1.54, 1.807) is 12.0 Å². The highest BCUT2D eigenvalue weighted by atomic mass is 16.5. The first kappa shape index (κ1) is 19.5. The minimum absolute atomic E-state index is 0.0134. The normalized spacial score (nSPS) is 23.8. The molecule has 29 heavy (non-hydrogen) atoms. The predicted octanol–water partition coefficient (Wildman–Crippen LogP) is 2.44. The van der Waals surface area contributed by atoms with E-state index in [-0.39, 0.29) is 24.1 Å². The summed E-state index contributed by atoms with van der Waals surface area (Å²) in [7, 11) is 1.68. The van der Waals surface area contributed by atoms with Crippen LogP contribution >= 0.6 is 0 Å². The summed E-state index contributed by atoms with van der Waals surface area (Å²) in [6.45, 7) is 1.58. The molecular formula is C23H27N3O3. The molecule has 3 amide bonds. The molecule has 2 fully saturated rings. The lowest BCUT2D eigenvalue weighted by atomic mass is 9.99. The molecule has 0 aromatic heterocycles. The van der Waals surface area contributed by atoms with Gasteiger partial charge in [0.2, 0.25) is 5.91 Å². The minimum atomic E-state index is -0.500. The molecule has 152 valence electrons. The van der Waals surface area contributed by atoms with Gasteiger partial charge >= 0.3 is 6.03 Å². The molecule has 2 aliphatic heterocycles. The van der Waals surface area contributed by atoms with Gasteiger partial charge in [0.05, 0.1) is 12.1 Å². The lowest BCUT2D eigenvalue weighted by molar-refractivity contribution is -0.141. The van der Waals surface area contributed by atoms with E-state index in [1.165, 1.54) is 0 Å². The second kappa shape index (κ2) is 8.66. The Morgan fingerprint density at radius 1 is 1.03 bits per heavy atom. The van der Waals surface area contributed by atoms with Crippen LogP contribution in [0.2, 0.25) is 0 Å². The summed E-state index contributed by atoms with van der Waals surface area (Å²) in [4.78, 5) is 30.0. The summed E-state index contributed by atoms with van der Waals surface area (Å²) >= 11 is 0. The number of urea groups is 1. The zero-order valence-corrected chi connectivity index (χ0v) is 16.7. The zero-order chi connectivity index (χ0) is 20.2. The monoisotopic (exact) mass is 393 g/mol. The van der Waals surface area contributed by atoms with Crippen LogP contribution in [0.3, 0.4) is 0 Å². The molecule has 2 saturated heterocycles. The number of carbonyl (C=O) groups excluding carboxylic acids is 2. The van der Waals surface area contributed by atoms with Crippen LogP contribution in [0.5, 0.6) is 0 Å². The number of benzene rings is 2. The van der Waals surface area contributed by atoms with Crippen molar-refractivity contribution in [2.45, 2.75) is 37.6 Å². The average molecular weight is 393 g/mol. The Balaban J connectivity index is 1.52. The molecule has 2 aliphatic rings. The standard InChI is InChI=1S/C23H27N3O3/c1-29-20-13-19-15-26(23(28)24-14-18-10-6-3-7-11-18)21(22(27)25(19)16-20)12-17-8-4-2-5-9-17/h2-11,19-21H,12-16H2,1H3,(H,24,28)/t19-,20-,21-/m0/s1. The van der Waals surface area contributed by atoms with Crippen LogP contribution in [-0.4, -0.2) is 60.1 Å². The molecule has 0 saturated carbocycles. The number of nitrogens with zero attached hydrogens (tertiary/aromatic N) is 2. The van der Waals surface area contributed by atoms with Crippen molar-refractivity contribution in [1.29, 1.82) is 0 Å². The number of ether oxygens (including phenoxy) is 1. The number of hydrogen-bond acceptors (Lipinski definition) is 3. The topological polar surface area (TPSA) is 61.9 Å². The van der Waals surface area contributed by atoms with Crippen LogP contribution < -0.4 is 5.32 Å². The second-order valence-electron chi connectivity index (χ2n) is 7.74. The van der Waals surface area contributed by atoms with Crippen molar-refractivity contribution in [3.8, 4) is 0 Å². The fourth-order valence-electron chi connectivity index (χ4n) is 4.30. The average Bonchev–Trinajstić information content (AvgIpc) is 3.19. The van der Waals surface area contributed by atoms with Crippen LogP contribution in [0.15, 0.2) is 60.7 Å². The third kappa shape index (κ3) is 4.27. The second-order valence-corrected chi connectivity index (χ2v) is 7.74. The van der Waals surface area contributed by atoms with Crippen LogP contribution in [0.25, 0.3) is 0 Å². The van der Waals surface area contributed by atoms with Crippen LogP contribution in [0, 0.1) is 0 Å². The molecule has 3 atom stereocenters. The summed E-state index contributed by atoms with van der Waals surface area (Å²) in [6, 6.07) is 19.0. The Bertz CT molecular complexity index is 843. The molecule has 0 radical (unpaired) electrons. The third-order valence-electron chi connectivity index (χ3n) is 5.88. The smallest absolute Gasteiger partial charge is 0.318 e. The summed E-state index contributed by atoms with van der Waals surface area (Å²) in [5.74, 6) is 0.0134. The minimum Gasteiger partial charge on any atom is -0.380 e. The molecule has 1 N–H and O–H groups in total. The molecular weight excluding hydrogens is 366 g/mol. The van der Waals surface area contributed by atoms with Crippen LogP contribution in [-0.2, 0) is 22.5 Å². The van der Waals surface area contributed by atoms with E-state index in [4.69, 9.17) is 4.74 Å². The number of nitrogens with one attached hydrogen (secondary N) is 1. The van der Waals surface area contributed by atoms with Gasteiger partial charge in [0.25, 0.3) is 0 Å². The largest absolute Gasteiger partial charge is 0.380 e. The first-order chi connectivity index (χ1) is 14.2. The molecule has 0 aliphatic carbocycles. The first-order valence-corrected chi connectivity index (χ1v) is 10.1. The van der Waals surface area contributed by atoms with Crippen molar-refractivity contribution in [2.24, 2.45) is 0 Å². The van der Waals surface area contributed by atoms with Crippen molar-refractivity contribution in [3.63, 3.8) is 0 Å². The van der Waals surface area contributed by atoms with E-state index in [1.807, 2.05) is 65.6 Å². The molecule has 6 nitrogen and oxygen atoms in total. The Morgan fingerprint density at radius 3 is 2.34 bits per heavy atom. The fourth-order valence-corrected chi connectivity index (χ4v) is 4.30. The van der Waals surface area contributed by atoms with Crippen molar-refractivity contribution in [2.75, 3.05) is 20.2 Å². The summed E-state index contributed by atoms with van der Waals surface area (Å²) < 4.78 is 5.49. The summed E-state index contributed by atoms with van der Waals surface area (Å²) in [5.41, 5.74) is 2.08. The van der Waals surface area contributed by atoms with Crippen molar-refractivity contribution >= 4 is 11.9 Å². The van der Waals surface area contributed by atoms with E-state index in [0.29, 0.717) is 26.1 Å². The Kier molecular flexibility index (Phi) is 5.81. The van der Waals surface area contributed by atoms with E-state index < -0.39 is 6.04 Å². The lowest BCUT2D eigenvalue weighted by Crippen LogP contribution is -2.63. The van der Waals surface area contributed by atoms with Gasteiger partial charge < -0.3 is 19.9 Å². The van der Waals surface area contributed by atoms with E-state index in [2.05, 4.69) is 5.32 Å². The fraction of sp³-hybridized carbons (Fsp3) is 0.391. The SMILES string of the molecule is CO[C@H]1C[C@H]2CN(C(=O)NCc3ccccc3)[C@@H](Cc3ccccc3)C(=O)N2C1. The van der Waals surface area contributed by atoms with Gasteiger partial charge in [0, 0.05) is 33.2 Å².